The summed E-state index contributed by atoms with van der Waals surface area (Å²) in [5.41, 5.74) is 1.69. The van der Waals surface area contributed by atoms with Crippen molar-refractivity contribution in [1.29, 1.82) is 0 Å². The summed E-state index contributed by atoms with van der Waals surface area (Å²) in [6.07, 6.45) is 0. The van der Waals surface area contributed by atoms with Crippen molar-refractivity contribution < 1.29 is 4.92 Å². The van der Waals surface area contributed by atoms with Crippen LogP contribution in [0.5, 0.6) is 0 Å². The average molecular weight is 469 g/mol. The number of hydrogen-bond donors (Lipinski definition) is 3. The second kappa shape index (κ2) is 10.0. The van der Waals surface area contributed by atoms with Gasteiger partial charge in [0.25, 0.3) is 5.69 Å². The number of nitrogens with one attached hydrogen (secondary N) is 3. The molecule has 0 saturated carbocycles. The first-order valence-electron chi connectivity index (χ1n) is 10.3. The van der Waals surface area contributed by atoms with Gasteiger partial charge in [-0.15, -0.1) is 0 Å². The minimum atomic E-state index is -0.345. The summed E-state index contributed by atoms with van der Waals surface area (Å²) in [5.74, 6) is 0. The molecule has 0 heterocycles. The second-order valence-electron chi connectivity index (χ2n) is 7.30. The molecule has 0 radical (unpaired) electrons. The number of anilines is 2. The number of hydrogen-bond acceptors (Lipinski definition) is 5. The van der Waals surface area contributed by atoms with E-state index >= 15 is 0 Å². The minimum Gasteiger partial charge on any atom is -0.383 e. The predicted molar refractivity (Wildman–Crippen MR) is 134 cm³/mol. The molecule has 3 N–H and O–H groups in total. The Hall–Kier alpha value is -3.06. The van der Waals surface area contributed by atoms with E-state index in [1.807, 2.05) is 54.6 Å². The molecule has 32 heavy (non-hydrogen) atoms. The van der Waals surface area contributed by atoms with Gasteiger partial charge in [0.1, 0.15) is 0 Å². The maximum Gasteiger partial charge on any atom is 0.279 e. The molecule has 4 aromatic rings. The molecule has 0 atom stereocenters. The summed E-state index contributed by atoms with van der Waals surface area (Å²) >= 11 is 12.8. The lowest BCUT2D eigenvalue weighted by atomic mass is 10.1. The van der Waals surface area contributed by atoms with Crippen LogP contribution in [0.3, 0.4) is 0 Å². The van der Waals surface area contributed by atoms with Crippen molar-refractivity contribution in [2.75, 3.05) is 36.8 Å². The molecule has 0 aliphatic heterocycles. The molecule has 0 aromatic heterocycles. The molecule has 6 nitrogen and oxygen atoms in total. The van der Waals surface area contributed by atoms with Crippen molar-refractivity contribution in [3.8, 4) is 0 Å². The lowest BCUT2D eigenvalue weighted by Crippen LogP contribution is -2.27. The van der Waals surface area contributed by atoms with Crippen molar-refractivity contribution in [3.05, 3.63) is 86.9 Å². The third kappa shape index (κ3) is 4.72. The molecule has 4 rings (SSSR count). The molecule has 4 aromatic carbocycles. The zero-order valence-corrected chi connectivity index (χ0v) is 18.7. The van der Waals surface area contributed by atoms with Crippen LogP contribution in [0.4, 0.5) is 17.1 Å². The van der Waals surface area contributed by atoms with Gasteiger partial charge in [-0.2, -0.15) is 0 Å². The zero-order chi connectivity index (χ0) is 22.5. The number of fused-ring (bicyclic) bond motifs is 2. The summed E-state index contributed by atoms with van der Waals surface area (Å²) in [6, 6.07) is 20.3. The quantitative estimate of drug-likeness (QED) is 0.152. The van der Waals surface area contributed by atoms with Crippen molar-refractivity contribution in [1.82, 2.24) is 5.32 Å². The monoisotopic (exact) mass is 468 g/mol. The van der Waals surface area contributed by atoms with E-state index < -0.39 is 0 Å². The third-order valence-corrected chi connectivity index (χ3v) is 5.87. The van der Waals surface area contributed by atoms with Crippen LogP contribution >= 0.6 is 23.2 Å². The van der Waals surface area contributed by atoms with E-state index in [0.717, 1.165) is 27.5 Å². The van der Waals surface area contributed by atoms with Gasteiger partial charge in [-0.25, -0.2) is 0 Å². The van der Waals surface area contributed by atoms with E-state index in [2.05, 4.69) is 16.0 Å². The zero-order valence-electron chi connectivity index (χ0n) is 17.2. The number of halogens is 2. The van der Waals surface area contributed by atoms with Crippen LogP contribution in [0.15, 0.2) is 66.7 Å². The molecule has 0 bridgehead atoms. The third-order valence-electron chi connectivity index (χ3n) is 5.24. The van der Waals surface area contributed by atoms with E-state index in [9.17, 15) is 10.1 Å². The van der Waals surface area contributed by atoms with Gasteiger partial charge in [0.15, 0.2) is 0 Å². The van der Waals surface area contributed by atoms with Gasteiger partial charge in [0.05, 0.1) is 26.0 Å². The van der Waals surface area contributed by atoms with Gasteiger partial charge in [-0.05, 0) is 29.0 Å². The molecule has 0 spiro atoms. The molecule has 0 saturated heterocycles. The highest BCUT2D eigenvalue weighted by atomic mass is 35.5. The van der Waals surface area contributed by atoms with Gasteiger partial charge in [0, 0.05) is 43.3 Å². The number of nitro benzene ring substituents is 1. The van der Waals surface area contributed by atoms with Crippen LogP contribution in [0.2, 0.25) is 10.0 Å². The van der Waals surface area contributed by atoms with E-state index in [-0.39, 0.29) is 10.6 Å². The van der Waals surface area contributed by atoms with Crippen LogP contribution < -0.4 is 16.0 Å². The van der Waals surface area contributed by atoms with Gasteiger partial charge in [0.2, 0.25) is 0 Å². The summed E-state index contributed by atoms with van der Waals surface area (Å²) < 4.78 is 0. The Morgan fingerprint density at radius 1 is 0.719 bits per heavy atom. The van der Waals surface area contributed by atoms with E-state index in [4.69, 9.17) is 23.2 Å². The van der Waals surface area contributed by atoms with Crippen LogP contribution in [0.25, 0.3) is 21.5 Å². The Labute approximate surface area is 195 Å². The fourth-order valence-electron chi connectivity index (χ4n) is 3.79. The number of non-ortho nitro benzene ring substituents is 1. The summed E-state index contributed by atoms with van der Waals surface area (Å²) in [5, 5.41) is 26.1. The van der Waals surface area contributed by atoms with Crippen molar-refractivity contribution in [2.24, 2.45) is 0 Å². The Bertz CT molecular complexity index is 1270. The van der Waals surface area contributed by atoms with Crippen LogP contribution in [-0.2, 0) is 0 Å². The second-order valence-corrected chi connectivity index (χ2v) is 8.12. The maximum absolute atomic E-state index is 11.4. The maximum atomic E-state index is 11.4. The lowest BCUT2D eigenvalue weighted by Gasteiger charge is -2.14. The molecular formula is C24H22Cl2N4O2. The van der Waals surface area contributed by atoms with Crippen LogP contribution in [-0.4, -0.2) is 31.1 Å². The summed E-state index contributed by atoms with van der Waals surface area (Å²) in [6.45, 7) is 2.72. The first-order chi connectivity index (χ1) is 15.6. The van der Waals surface area contributed by atoms with E-state index in [1.165, 1.54) is 6.07 Å². The molecule has 8 heteroatoms. The molecule has 0 aliphatic carbocycles. The fraction of sp³-hybridized carbons (Fsp3) is 0.167. The highest BCUT2D eigenvalue weighted by Gasteiger charge is 2.14. The number of benzene rings is 4. The van der Waals surface area contributed by atoms with Crippen molar-refractivity contribution in [3.63, 3.8) is 0 Å². The Morgan fingerprint density at radius 2 is 1.38 bits per heavy atom. The Balaban J connectivity index is 1.31. The first kappa shape index (κ1) is 22.1. The summed E-state index contributed by atoms with van der Waals surface area (Å²) in [7, 11) is 0. The predicted octanol–water partition coefficient (Wildman–Crippen LogP) is 6.32. The number of nitro groups is 1. The SMILES string of the molecule is O=[N+]([O-])c1cccc2cccc(NCCNCCNc3c(Cl)ccc4cccc(Cl)c34)c12. The molecule has 0 aliphatic rings. The molecule has 0 amide bonds. The van der Waals surface area contributed by atoms with Gasteiger partial charge in [-0.1, -0.05) is 65.7 Å². The van der Waals surface area contributed by atoms with Crippen LogP contribution in [0.1, 0.15) is 0 Å². The molecular weight excluding hydrogens is 447 g/mol. The van der Waals surface area contributed by atoms with E-state index in [0.29, 0.717) is 41.6 Å². The van der Waals surface area contributed by atoms with Gasteiger partial charge in [-0.3, -0.25) is 10.1 Å². The Kier molecular flexibility index (Phi) is 6.95. The highest BCUT2D eigenvalue weighted by molar-refractivity contribution is 6.40. The highest BCUT2D eigenvalue weighted by Crippen LogP contribution is 2.35. The van der Waals surface area contributed by atoms with Crippen LogP contribution in [0, 0.1) is 10.1 Å². The molecule has 0 fully saturated rings. The molecule has 164 valence electrons. The average Bonchev–Trinajstić information content (AvgIpc) is 2.79. The first-order valence-corrected chi connectivity index (χ1v) is 11.0. The normalized spacial score (nSPS) is 11.1. The fourth-order valence-corrected chi connectivity index (χ4v) is 4.29. The molecule has 0 unspecified atom stereocenters. The largest absolute Gasteiger partial charge is 0.383 e. The van der Waals surface area contributed by atoms with Gasteiger partial charge < -0.3 is 16.0 Å². The van der Waals surface area contributed by atoms with Gasteiger partial charge >= 0.3 is 0 Å². The smallest absolute Gasteiger partial charge is 0.279 e. The van der Waals surface area contributed by atoms with Crippen molar-refractivity contribution in [2.45, 2.75) is 0 Å². The topological polar surface area (TPSA) is 79.2 Å². The van der Waals surface area contributed by atoms with Crippen molar-refractivity contribution >= 4 is 61.8 Å². The standard InChI is InChI=1S/C24H22Cl2N4O2/c25-18-7-1-4-17-10-11-19(26)24(22(17)18)29-15-13-27-12-14-28-20-8-2-5-16-6-3-9-21(23(16)20)30(31)32/h1-11,27-29H,12-15H2. The number of rotatable bonds is 9. The summed E-state index contributed by atoms with van der Waals surface area (Å²) in [4.78, 5) is 11.1. The minimum absolute atomic E-state index is 0.105. The van der Waals surface area contributed by atoms with E-state index in [1.54, 1.807) is 6.07 Å². The Morgan fingerprint density at radius 3 is 2.12 bits per heavy atom. The lowest BCUT2D eigenvalue weighted by molar-refractivity contribution is -0.383. The number of nitrogens with zero attached hydrogens (tertiary/aromatic N) is 1.